The van der Waals surface area contributed by atoms with Crippen LogP contribution in [0.1, 0.15) is 57.8 Å². The molecule has 2 rings (SSSR count). The fraction of sp³-hybridized carbons (Fsp3) is 0.929. The maximum absolute atomic E-state index is 12.2. The molecule has 2 unspecified atom stereocenters. The van der Waals surface area contributed by atoms with E-state index in [4.69, 9.17) is 5.73 Å². The smallest absolute Gasteiger partial charge is 0.222 e. The zero-order chi connectivity index (χ0) is 12.1. The predicted molar refractivity (Wildman–Crippen MR) is 69.6 cm³/mol. The second kappa shape index (κ2) is 6.39. The van der Waals surface area contributed by atoms with Gasteiger partial charge in [-0.2, -0.15) is 0 Å². The summed E-state index contributed by atoms with van der Waals surface area (Å²) in [5, 5.41) is 0. The van der Waals surface area contributed by atoms with Crippen molar-refractivity contribution in [3.8, 4) is 0 Å². The van der Waals surface area contributed by atoms with Crippen LogP contribution in [0.4, 0.5) is 0 Å². The lowest BCUT2D eigenvalue weighted by Crippen LogP contribution is -2.46. The third-order valence-electron chi connectivity index (χ3n) is 4.43. The van der Waals surface area contributed by atoms with Crippen molar-refractivity contribution in [3.63, 3.8) is 0 Å². The molecule has 0 aromatic rings. The first-order valence-corrected chi connectivity index (χ1v) is 7.32. The molecule has 2 N–H and O–H groups in total. The molecule has 1 aliphatic heterocycles. The summed E-state index contributed by atoms with van der Waals surface area (Å²) in [5.41, 5.74) is 5.92. The molecule has 1 heterocycles. The van der Waals surface area contributed by atoms with Gasteiger partial charge in [0.2, 0.25) is 5.91 Å². The zero-order valence-electron chi connectivity index (χ0n) is 10.9. The maximum atomic E-state index is 12.2. The number of nitrogens with two attached hydrogens (primary N) is 1. The van der Waals surface area contributed by atoms with Gasteiger partial charge < -0.3 is 10.6 Å². The highest BCUT2D eigenvalue weighted by Crippen LogP contribution is 2.28. The second-order valence-corrected chi connectivity index (χ2v) is 5.60. The van der Waals surface area contributed by atoms with Crippen LogP contribution in [0.2, 0.25) is 0 Å². The van der Waals surface area contributed by atoms with Crippen molar-refractivity contribution >= 4 is 5.91 Å². The van der Waals surface area contributed by atoms with Gasteiger partial charge in [-0.3, -0.25) is 4.79 Å². The van der Waals surface area contributed by atoms with Crippen LogP contribution in [0.25, 0.3) is 0 Å². The number of carbonyl (C=O) groups is 1. The standard InChI is InChI=1S/C14H26N2O/c15-11-12-7-3-1-4-8-13(12)16-10-6-2-5-9-14(16)17/h12-13H,1-11,15H2. The summed E-state index contributed by atoms with van der Waals surface area (Å²) in [5.74, 6) is 0.924. The molecule has 2 fully saturated rings. The Balaban J connectivity index is 2.07. The van der Waals surface area contributed by atoms with Gasteiger partial charge >= 0.3 is 0 Å². The molecule has 98 valence electrons. The van der Waals surface area contributed by atoms with Crippen LogP contribution in [0, 0.1) is 5.92 Å². The lowest BCUT2D eigenvalue weighted by Gasteiger charge is -2.35. The molecule has 1 aliphatic carbocycles. The molecule has 0 radical (unpaired) electrons. The fourth-order valence-electron chi connectivity index (χ4n) is 3.40. The van der Waals surface area contributed by atoms with Crippen molar-refractivity contribution in [1.29, 1.82) is 0 Å². The lowest BCUT2D eigenvalue weighted by molar-refractivity contribution is -0.134. The largest absolute Gasteiger partial charge is 0.339 e. The van der Waals surface area contributed by atoms with Crippen molar-refractivity contribution < 1.29 is 4.79 Å². The van der Waals surface area contributed by atoms with E-state index in [2.05, 4.69) is 4.90 Å². The summed E-state index contributed by atoms with van der Waals surface area (Å²) in [7, 11) is 0. The third kappa shape index (κ3) is 3.21. The molecule has 1 saturated carbocycles. The van der Waals surface area contributed by atoms with Crippen molar-refractivity contribution in [2.45, 2.75) is 63.8 Å². The maximum Gasteiger partial charge on any atom is 0.222 e. The highest BCUT2D eigenvalue weighted by molar-refractivity contribution is 5.76. The van der Waals surface area contributed by atoms with E-state index in [9.17, 15) is 4.79 Å². The second-order valence-electron chi connectivity index (χ2n) is 5.60. The van der Waals surface area contributed by atoms with E-state index >= 15 is 0 Å². The first-order valence-electron chi connectivity index (χ1n) is 7.32. The van der Waals surface area contributed by atoms with Crippen molar-refractivity contribution in [2.24, 2.45) is 11.7 Å². The molecule has 3 heteroatoms. The molecule has 0 spiro atoms. The molecule has 1 saturated heterocycles. The van der Waals surface area contributed by atoms with Crippen LogP contribution in [-0.2, 0) is 4.79 Å². The monoisotopic (exact) mass is 238 g/mol. The summed E-state index contributed by atoms with van der Waals surface area (Å²) >= 11 is 0. The molecule has 17 heavy (non-hydrogen) atoms. The number of amides is 1. The number of likely N-dealkylation sites (tertiary alicyclic amines) is 1. The highest BCUT2D eigenvalue weighted by Gasteiger charge is 2.31. The van der Waals surface area contributed by atoms with Crippen molar-refractivity contribution in [3.05, 3.63) is 0 Å². The molecule has 0 bridgehead atoms. The van der Waals surface area contributed by atoms with Gasteiger partial charge in [0.25, 0.3) is 0 Å². The number of carbonyl (C=O) groups excluding carboxylic acids is 1. The van der Waals surface area contributed by atoms with E-state index in [1.54, 1.807) is 0 Å². The lowest BCUT2D eigenvalue weighted by atomic mass is 9.93. The molecule has 0 aromatic heterocycles. The minimum Gasteiger partial charge on any atom is -0.339 e. The quantitative estimate of drug-likeness (QED) is 0.750. The minimum atomic E-state index is 0.382. The van der Waals surface area contributed by atoms with Crippen LogP contribution in [-0.4, -0.2) is 29.9 Å². The van der Waals surface area contributed by atoms with Crippen LogP contribution in [0.15, 0.2) is 0 Å². The zero-order valence-corrected chi connectivity index (χ0v) is 10.9. The molecular weight excluding hydrogens is 212 g/mol. The molecule has 0 aromatic carbocycles. The molecule has 1 amide bonds. The molecular formula is C14H26N2O. The van der Waals surface area contributed by atoms with E-state index in [1.807, 2.05) is 0 Å². The van der Waals surface area contributed by atoms with Gasteiger partial charge in [0, 0.05) is 19.0 Å². The molecule has 2 atom stereocenters. The fourth-order valence-corrected chi connectivity index (χ4v) is 3.40. The summed E-state index contributed by atoms with van der Waals surface area (Å²) in [6.07, 6.45) is 10.5. The Morgan fingerprint density at radius 3 is 2.65 bits per heavy atom. The van der Waals surface area contributed by atoms with Crippen LogP contribution in [0.3, 0.4) is 0 Å². The summed E-state index contributed by atoms with van der Waals surface area (Å²) < 4.78 is 0. The Morgan fingerprint density at radius 2 is 1.82 bits per heavy atom. The summed E-state index contributed by atoms with van der Waals surface area (Å²) in [6.45, 7) is 1.72. The van der Waals surface area contributed by atoms with E-state index in [0.717, 1.165) is 25.9 Å². The molecule has 2 aliphatic rings. The van der Waals surface area contributed by atoms with Crippen LogP contribution >= 0.6 is 0 Å². The highest BCUT2D eigenvalue weighted by atomic mass is 16.2. The van der Waals surface area contributed by atoms with Gasteiger partial charge in [-0.15, -0.1) is 0 Å². The minimum absolute atomic E-state index is 0.382. The van der Waals surface area contributed by atoms with Crippen molar-refractivity contribution in [2.75, 3.05) is 13.1 Å². The van der Waals surface area contributed by atoms with Gasteiger partial charge in [-0.25, -0.2) is 0 Å². The van der Waals surface area contributed by atoms with Gasteiger partial charge in [0.05, 0.1) is 0 Å². The van der Waals surface area contributed by atoms with E-state index in [-0.39, 0.29) is 0 Å². The number of nitrogens with zero attached hydrogens (tertiary/aromatic N) is 1. The Labute approximate surface area is 105 Å². The average Bonchev–Trinajstić information content (AvgIpc) is 2.68. The van der Waals surface area contributed by atoms with Crippen molar-refractivity contribution in [1.82, 2.24) is 4.90 Å². The first kappa shape index (κ1) is 12.9. The first-order chi connectivity index (χ1) is 8.33. The third-order valence-corrected chi connectivity index (χ3v) is 4.43. The summed E-state index contributed by atoms with van der Waals surface area (Å²) in [4.78, 5) is 14.3. The number of hydrogen-bond acceptors (Lipinski definition) is 2. The van der Waals surface area contributed by atoms with E-state index in [1.165, 1.54) is 44.9 Å². The van der Waals surface area contributed by atoms with E-state index < -0.39 is 0 Å². The number of hydrogen-bond donors (Lipinski definition) is 1. The average molecular weight is 238 g/mol. The Hall–Kier alpha value is -0.570. The Bertz CT molecular complexity index is 255. The Kier molecular flexibility index (Phi) is 4.84. The normalized spacial score (nSPS) is 32.1. The van der Waals surface area contributed by atoms with Gasteiger partial charge in [-0.05, 0) is 38.1 Å². The van der Waals surface area contributed by atoms with Gasteiger partial charge in [0.15, 0.2) is 0 Å². The van der Waals surface area contributed by atoms with Crippen LogP contribution in [0.5, 0.6) is 0 Å². The summed E-state index contributed by atoms with van der Waals surface area (Å²) in [6, 6.07) is 0.438. The van der Waals surface area contributed by atoms with Gasteiger partial charge in [-0.1, -0.05) is 25.7 Å². The topological polar surface area (TPSA) is 46.3 Å². The van der Waals surface area contributed by atoms with E-state index in [0.29, 0.717) is 17.9 Å². The molecule has 3 nitrogen and oxygen atoms in total. The predicted octanol–water partition coefficient (Wildman–Crippen LogP) is 2.30. The van der Waals surface area contributed by atoms with Crippen LogP contribution < -0.4 is 5.73 Å². The Morgan fingerprint density at radius 1 is 1.06 bits per heavy atom. The number of rotatable bonds is 2. The SMILES string of the molecule is NCC1CCCCCC1N1CCCCCC1=O. The van der Waals surface area contributed by atoms with Gasteiger partial charge in [0.1, 0.15) is 0 Å².